The lowest BCUT2D eigenvalue weighted by molar-refractivity contribution is -0.131. The van der Waals surface area contributed by atoms with Crippen molar-refractivity contribution in [2.24, 2.45) is 0 Å². The lowest BCUT2D eigenvalue weighted by atomic mass is 10.1. The third-order valence-corrected chi connectivity index (χ3v) is 3.12. The smallest absolute Gasteiger partial charge is 0.328 e. The van der Waals surface area contributed by atoms with Gasteiger partial charge in [0.15, 0.2) is 0 Å². The fourth-order valence-electron chi connectivity index (χ4n) is 1.59. The molecule has 0 atom stereocenters. The van der Waals surface area contributed by atoms with E-state index in [1.807, 2.05) is 38.1 Å². The van der Waals surface area contributed by atoms with Crippen molar-refractivity contribution in [3.05, 3.63) is 41.5 Å². The Hall–Kier alpha value is -1.65. The number of benzene rings is 1. The molecule has 0 saturated heterocycles. The summed E-state index contributed by atoms with van der Waals surface area (Å²) < 4.78 is 11.0. The summed E-state index contributed by atoms with van der Waals surface area (Å²) in [4.78, 5) is 10.6. The first-order valence-electron chi connectivity index (χ1n) is 6.56. The van der Waals surface area contributed by atoms with Crippen LogP contribution in [0.5, 0.6) is 0 Å². The van der Waals surface area contributed by atoms with Crippen LogP contribution in [0.15, 0.2) is 30.3 Å². The molecule has 1 aromatic carbocycles. The standard InChI is InChI=1S/C16H22O4/c1-16(2,19-3)10-11-20-12-14-7-5-4-6-13(14)8-9-15(17)18/h4-9H,10-12H2,1-3H3,(H,17,18)/b9-8+. The molecule has 0 unspecified atom stereocenters. The molecule has 0 heterocycles. The first-order valence-corrected chi connectivity index (χ1v) is 6.56. The number of rotatable bonds is 8. The Morgan fingerprint density at radius 2 is 2.05 bits per heavy atom. The number of hydrogen-bond donors (Lipinski definition) is 1. The van der Waals surface area contributed by atoms with Crippen LogP contribution in [0.1, 0.15) is 31.4 Å². The lowest BCUT2D eigenvalue weighted by Crippen LogP contribution is -2.24. The molecule has 0 amide bonds. The monoisotopic (exact) mass is 278 g/mol. The molecule has 110 valence electrons. The van der Waals surface area contributed by atoms with Gasteiger partial charge < -0.3 is 14.6 Å². The van der Waals surface area contributed by atoms with Crippen molar-refractivity contribution in [1.82, 2.24) is 0 Å². The highest BCUT2D eigenvalue weighted by Gasteiger charge is 2.15. The molecule has 0 spiro atoms. The summed E-state index contributed by atoms with van der Waals surface area (Å²) >= 11 is 0. The number of carboxylic acids is 1. The Labute approximate surface area is 120 Å². The highest BCUT2D eigenvalue weighted by molar-refractivity contribution is 5.85. The van der Waals surface area contributed by atoms with Gasteiger partial charge in [-0.25, -0.2) is 4.79 Å². The molecule has 0 aliphatic rings. The molecule has 0 radical (unpaired) electrons. The van der Waals surface area contributed by atoms with Crippen molar-refractivity contribution in [2.75, 3.05) is 13.7 Å². The van der Waals surface area contributed by atoms with Gasteiger partial charge in [-0.2, -0.15) is 0 Å². The van der Waals surface area contributed by atoms with Crippen LogP contribution >= 0.6 is 0 Å². The molecule has 0 aromatic heterocycles. The average Bonchev–Trinajstić information content (AvgIpc) is 2.42. The molecular weight excluding hydrogens is 256 g/mol. The maximum atomic E-state index is 10.6. The van der Waals surface area contributed by atoms with Crippen molar-refractivity contribution in [3.63, 3.8) is 0 Å². The Morgan fingerprint density at radius 3 is 2.70 bits per heavy atom. The number of carbonyl (C=O) groups is 1. The van der Waals surface area contributed by atoms with Crippen LogP contribution in [0.3, 0.4) is 0 Å². The molecule has 1 rings (SSSR count). The summed E-state index contributed by atoms with van der Waals surface area (Å²) in [6.07, 6.45) is 3.52. The Morgan fingerprint density at radius 1 is 1.35 bits per heavy atom. The third kappa shape index (κ3) is 5.99. The van der Waals surface area contributed by atoms with Crippen molar-refractivity contribution in [1.29, 1.82) is 0 Å². The van der Waals surface area contributed by atoms with E-state index in [9.17, 15) is 4.79 Å². The molecule has 0 bridgehead atoms. The molecule has 1 N–H and O–H groups in total. The highest BCUT2D eigenvalue weighted by Crippen LogP contribution is 2.15. The topological polar surface area (TPSA) is 55.8 Å². The fourth-order valence-corrected chi connectivity index (χ4v) is 1.59. The number of ether oxygens (including phenoxy) is 2. The number of hydrogen-bond acceptors (Lipinski definition) is 3. The van der Waals surface area contributed by atoms with Gasteiger partial charge in [0.25, 0.3) is 0 Å². The molecule has 4 heteroatoms. The van der Waals surface area contributed by atoms with Gasteiger partial charge in [-0.15, -0.1) is 0 Å². The molecule has 4 nitrogen and oxygen atoms in total. The van der Waals surface area contributed by atoms with E-state index in [4.69, 9.17) is 14.6 Å². The Balaban J connectivity index is 2.54. The zero-order valence-corrected chi connectivity index (χ0v) is 12.3. The van der Waals surface area contributed by atoms with Crippen LogP contribution in [0.4, 0.5) is 0 Å². The van der Waals surface area contributed by atoms with Crippen LogP contribution in [0.25, 0.3) is 6.08 Å². The van der Waals surface area contributed by atoms with Gasteiger partial charge in [-0.1, -0.05) is 24.3 Å². The molecule has 0 fully saturated rings. The first-order chi connectivity index (χ1) is 9.44. The number of aliphatic carboxylic acids is 1. The van der Waals surface area contributed by atoms with E-state index in [2.05, 4.69) is 0 Å². The second kappa shape index (κ2) is 7.82. The second-order valence-electron chi connectivity index (χ2n) is 5.14. The molecular formula is C16H22O4. The fraction of sp³-hybridized carbons (Fsp3) is 0.438. The van der Waals surface area contributed by atoms with Gasteiger partial charge in [0.05, 0.1) is 12.2 Å². The van der Waals surface area contributed by atoms with Crippen LogP contribution in [-0.2, 0) is 20.9 Å². The number of methoxy groups -OCH3 is 1. The van der Waals surface area contributed by atoms with E-state index < -0.39 is 5.97 Å². The van der Waals surface area contributed by atoms with Crippen LogP contribution in [0, 0.1) is 0 Å². The minimum Gasteiger partial charge on any atom is -0.478 e. The van der Waals surface area contributed by atoms with E-state index in [1.54, 1.807) is 13.2 Å². The van der Waals surface area contributed by atoms with Crippen molar-refractivity contribution >= 4 is 12.0 Å². The summed E-state index contributed by atoms with van der Waals surface area (Å²) in [7, 11) is 1.69. The van der Waals surface area contributed by atoms with Crippen molar-refractivity contribution < 1.29 is 19.4 Å². The van der Waals surface area contributed by atoms with Gasteiger partial charge in [-0.3, -0.25) is 0 Å². The van der Waals surface area contributed by atoms with Crippen molar-refractivity contribution in [3.8, 4) is 0 Å². The van der Waals surface area contributed by atoms with Gasteiger partial charge >= 0.3 is 5.97 Å². The first kappa shape index (κ1) is 16.4. The van der Waals surface area contributed by atoms with Crippen LogP contribution in [-0.4, -0.2) is 30.4 Å². The molecule has 0 aliphatic carbocycles. The lowest BCUT2D eigenvalue weighted by Gasteiger charge is -2.22. The van der Waals surface area contributed by atoms with Gasteiger partial charge in [0.1, 0.15) is 0 Å². The molecule has 20 heavy (non-hydrogen) atoms. The zero-order valence-electron chi connectivity index (χ0n) is 12.3. The minimum absolute atomic E-state index is 0.192. The van der Waals surface area contributed by atoms with E-state index in [0.717, 1.165) is 23.6 Å². The predicted octanol–water partition coefficient (Wildman–Crippen LogP) is 3.12. The van der Waals surface area contributed by atoms with E-state index in [1.165, 1.54) is 0 Å². The largest absolute Gasteiger partial charge is 0.478 e. The Bertz CT molecular complexity index is 463. The van der Waals surface area contributed by atoms with E-state index in [0.29, 0.717) is 13.2 Å². The normalized spacial score (nSPS) is 11.9. The Kier molecular flexibility index (Phi) is 6.42. The summed E-state index contributed by atoms with van der Waals surface area (Å²) in [5.41, 5.74) is 1.64. The SMILES string of the molecule is COC(C)(C)CCOCc1ccccc1/C=C/C(=O)O. The maximum absolute atomic E-state index is 10.6. The predicted molar refractivity (Wildman–Crippen MR) is 78.5 cm³/mol. The zero-order chi connectivity index (χ0) is 15.0. The van der Waals surface area contributed by atoms with Crippen molar-refractivity contribution in [2.45, 2.75) is 32.5 Å². The van der Waals surface area contributed by atoms with Gasteiger partial charge in [0.2, 0.25) is 0 Å². The quantitative estimate of drug-likeness (QED) is 0.586. The van der Waals surface area contributed by atoms with Crippen LogP contribution < -0.4 is 0 Å². The van der Waals surface area contributed by atoms with Gasteiger partial charge in [-0.05, 0) is 37.5 Å². The summed E-state index contributed by atoms with van der Waals surface area (Å²) in [6, 6.07) is 7.59. The molecule has 1 aromatic rings. The third-order valence-electron chi connectivity index (χ3n) is 3.12. The van der Waals surface area contributed by atoms with Crippen LogP contribution in [0.2, 0.25) is 0 Å². The average molecular weight is 278 g/mol. The summed E-state index contributed by atoms with van der Waals surface area (Å²) in [5.74, 6) is -0.956. The van der Waals surface area contributed by atoms with E-state index >= 15 is 0 Å². The maximum Gasteiger partial charge on any atom is 0.328 e. The highest BCUT2D eigenvalue weighted by atomic mass is 16.5. The summed E-state index contributed by atoms with van der Waals surface area (Å²) in [6.45, 7) is 5.08. The minimum atomic E-state index is -0.956. The molecule has 0 saturated carbocycles. The van der Waals surface area contributed by atoms with E-state index in [-0.39, 0.29) is 5.60 Å². The molecule has 0 aliphatic heterocycles. The second-order valence-corrected chi connectivity index (χ2v) is 5.14. The number of carboxylic acid groups (broad SMARTS) is 1. The van der Waals surface area contributed by atoms with Gasteiger partial charge in [0, 0.05) is 19.8 Å². The summed E-state index contributed by atoms with van der Waals surface area (Å²) in [5, 5.41) is 8.66.